The molecule has 3 aromatic rings. The molecule has 0 spiro atoms. The maximum Gasteiger partial charge on any atom is 0.264 e. The fourth-order valence-corrected chi connectivity index (χ4v) is 6.31. The minimum absolute atomic E-state index is 0.0308. The second kappa shape index (κ2) is 15.3. The SMILES string of the molecule is CCCNC(=O)C(CC)N(Cc1c(Cl)cccc1Cl)C(=O)CN(c1ccc(OCC)cc1)S(=O)(=O)c1ccc(C)cc1. The van der Waals surface area contributed by atoms with Gasteiger partial charge in [0.25, 0.3) is 10.0 Å². The van der Waals surface area contributed by atoms with E-state index in [1.165, 1.54) is 17.0 Å². The van der Waals surface area contributed by atoms with E-state index in [2.05, 4.69) is 5.32 Å². The molecule has 42 heavy (non-hydrogen) atoms. The van der Waals surface area contributed by atoms with E-state index in [1.807, 2.05) is 20.8 Å². The molecule has 1 unspecified atom stereocenters. The Bertz CT molecular complexity index is 1440. The lowest BCUT2D eigenvalue weighted by atomic mass is 10.1. The van der Waals surface area contributed by atoms with Crippen molar-refractivity contribution in [3.63, 3.8) is 0 Å². The molecule has 0 aromatic heterocycles. The first-order chi connectivity index (χ1) is 20.0. The maximum atomic E-state index is 14.2. The molecule has 3 aromatic carbocycles. The molecule has 0 aliphatic rings. The van der Waals surface area contributed by atoms with E-state index >= 15 is 0 Å². The fraction of sp³-hybridized carbons (Fsp3) is 0.355. The van der Waals surface area contributed by atoms with Crippen molar-refractivity contribution in [1.82, 2.24) is 10.2 Å². The first kappa shape index (κ1) is 33.2. The summed E-state index contributed by atoms with van der Waals surface area (Å²) in [6, 6.07) is 17.0. The van der Waals surface area contributed by atoms with Crippen LogP contribution in [0.5, 0.6) is 5.75 Å². The lowest BCUT2D eigenvalue weighted by Crippen LogP contribution is -2.52. The van der Waals surface area contributed by atoms with Crippen molar-refractivity contribution < 1.29 is 22.7 Å². The van der Waals surface area contributed by atoms with Gasteiger partial charge in [0, 0.05) is 28.7 Å². The second-order valence-electron chi connectivity index (χ2n) is 9.69. The summed E-state index contributed by atoms with van der Waals surface area (Å²) in [4.78, 5) is 28.8. The molecular formula is C31H37Cl2N3O5S. The molecular weight excluding hydrogens is 597 g/mol. The van der Waals surface area contributed by atoms with Crippen LogP contribution in [-0.2, 0) is 26.2 Å². The molecule has 0 heterocycles. The van der Waals surface area contributed by atoms with Gasteiger partial charge < -0.3 is 15.0 Å². The summed E-state index contributed by atoms with van der Waals surface area (Å²) in [5, 5.41) is 3.52. The van der Waals surface area contributed by atoms with E-state index in [9.17, 15) is 18.0 Å². The van der Waals surface area contributed by atoms with Gasteiger partial charge in [0.15, 0.2) is 0 Å². The van der Waals surface area contributed by atoms with E-state index in [-0.39, 0.29) is 29.5 Å². The predicted molar refractivity (Wildman–Crippen MR) is 168 cm³/mol. The van der Waals surface area contributed by atoms with Gasteiger partial charge in [0.1, 0.15) is 18.3 Å². The Balaban J connectivity index is 2.09. The number of carbonyl (C=O) groups excluding carboxylic acids is 2. The van der Waals surface area contributed by atoms with Crippen molar-refractivity contribution >= 4 is 50.7 Å². The average molecular weight is 635 g/mol. The van der Waals surface area contributed by atoms with Crippen LogP contribution in [0.15, 0.2) is 71.6 Å². The van der Waals surface area contributed by atoms with Crippen LogP contribution in [0.1, 0.15) is 44.7 Å². The highest BCUT2D eigenvalue weighted by atomic mass is 35.5. The number of benzene rings is 3. The summed E-state index contributed by atoms with van der Waals surface area (Å²) in [5.41, 5.74) is 1.63. The zero-order valence-corrected chi connectivity index (χ0v) is 26.6. The normalized spacial score (nSPS) is 12.0. The smallest absolute Gasteiger partial charge is 0.264 e. The molecule has 0 saturated carbocycles. The van der Waals surface area contributed by atoms with Crippen LogP contribution in [0.3, 0.4) is 0 Å². The number of carbonyl (C=O) groups is 2. The van der Waals surface area contributed by atoms with E-state index in [1.54, 1.807) is 61.5 Å². The summed E-state index contributed by atoms with van der Waals surface area (Å²) in [7, 11) is -4.19. The highest BCUT2D eigenvalue weighted by molar-refractivity contribution is 7.92. The minimum atomic E-state index is -4.19. The average Bonchev–Trinajstić information content (AvgIpc) is 2.97. The van der Waals surface area contributed by atoms with Crippen molar-refractivity contribution in [2.45, 2.75) is 58.0 Å². The van der Waals surface area contributed by atoms with Gasteiger partial charge >= 0.3 is 0 Å². The Hall–Kier alpha value is -3.27. The monoisotopic (exact) mass is 633 g/mol. The van der Waals surface area contributed by atoms with Crippen molar-refractivity contribution in [2.24, 2.45) is 0 Å². The highest BCUT2D eigenvalue weighted by Gasteiger charge is 2.34. The van der Waals surface area contributed by atoms with Gasteiger partial charge in [0.05, 0.1) is 17.2 Å². The minimum Gasteiger partial charge on any atom is -0.494 e. The number of rotatable bonds is 14. The van der Waals surface area contributed by atoms with Crippen LogP contribution >= 0.6 is 23.2 Å². The van der Waals surface area contributed by atoms with E-state index in [0.717, 1.165) is 9.87 Å². The van der Waals surface area contributed by atoms with E-state index in [4.69, 9.17) is 27.9 Å². The molecule has 0 bridgehead atoms. The van der Waals surface area contributed by atoms with Crippen LogP contribution < -0.4 is 14.4 Å². The lowest BCUT2D eigenvalue weighted by molar-refractivity contribution is -0.140. The van der Waals surface area contributed by atoms with Gasteiger partial charge in [-0.25, -0.2) is 8.42 Å². The molecule has 11 heteroatoms. The van der Waals surface area contributed by atoms with Crippen molar-refractivity contribution in [3.05, 3.63) is 87.9 Å². The molecule has 1 N–H and O–H groups in total. The Morgan fingerprint density at radius 2 is 1.55 bits per heavy atom. The number of hydrogen-bond acceptors (Lipinski definition) is 5. The standard InChI is InChI=1S/C31H37Cl2N3O5S/c1-5-19-34-31(38)29(6-2)35(20-26-27(32)9-8-10-28(26)33)30(37)21-36(23-13-15-24(16-14-23)41-7-3)42(39,40)25-17-11-22(4)12-18-25/h8-18,29H,5-7,19-21H2,1-4H3,(H,34,38). The third-order valence-corrected chi connectivity index (χ3v) is 9.15. The Labute approximate surface area is 258 Å². The largest absolute Gasteiger partial charge is 0.494 e. The molecule has 226 valence electrons. The van der Waals surface area contributed by atoms with Crippen molar-refractivity contribution in [3.8, 4) is 5.75 Å². The van der Waals surface area contributed by atoms with Crippen molar-refractivity contribution in [1.29, 1.82) is 0 Å². The second-order valence-corrected chi connectivity index (χ2v) is 12.4. The predicted octanol–water partition coefficient (Wildman–Crippen LogP) is 6.23. The van der Waals surface area contributed by atoms with Crippen LogP contribution in [0.4, 0.5) is 5.69 Å². The fourth-order valence-electron chi connectivity index (χ4n) is 4.38. The van der Waals surface area contributed by atoms with Gasteiger partial charge in [-0.3, -0.25) is 13.9 Å². The highest BCUT2D eigenvalue weighted by Crippen LogP contribution is 2.29. The first-order valence-electron chi connectivity index (χ1n) is 13.9. The third-order valence-electron chi connectivity index (χ3n) is 6.65. The van der Waals surface area contributed by atoms with Gasteiger partial charge in [0.2, 0.25) is 11.8 Å². The third kappa shape index (κ3) is 8.18. The van der Waals surface area contributed by atoms with Crippen molar-refractivity contribution in [2.75, 3.05) is 24.0 Å². The van der Waals surface area contributed by atoms with Crippen LogP contribution in [0.2, 0.25) is 10.0 Å². The number of anilines is 1. The Morgan fingerprint density at radius 3 is 2.10 bits per heavy atom. The zero-order chi connectivity index (χ0) is 30.9. The number of halogens is 2. The molecule has 1 atom stereocenters. The molecule has 3 rings (SSSR count). The van der Waals surface area contributed by atoms with Crippen LogP contribution in [0, 0.1) is 6.92 Å². The molecule has 2 amide bonds. The summed E-state index contributed by atoms with van der Waals surface area (Å²) in [5.74, 6) is -0.368. The van der Waals surface area contributed by atoms with E-state index < -0.39 is 28.5 Å². The Morgan fingerprint density at radius 1 is 0.929 bits per heavy atom. The van der Waals surface area contributed by atoms with E-state index in [0.29, 0.717) is 40.9 Å². The maximum absolute atomic E-state index is 14.2. The van der Waals surface area contributed by atoms with Gasteiger partial charge in [-0.15, -0.1) is 0 Å². The summed E-state index contributed by atoms with van der Waals surface area (Å²) >= 11 is 12.9. The van der Waals surface area contributed by atoms with Gasteiger partial charge in [-0.2, -0.15) is 0 Å². The lowest BCUT2D eigenvalue weighted by Gasteiger charge is -2.33. The first-order valence-corrected chi connectivity index (χ1v) is 16.0. The summed E-state index contributed by atoms with van der Waals surface area (Å²) < 4.78 is 34.6. The molecule has 0 aliphatic heterocycles. The quantitative estimate of drug-likeness (QED) is 0.227. The van der Waals surface area contributed by atoms with Crippen LogP contribution in [0.25, 0.3) is 0 Å². The Kier molecular flexibility index (Phi) is 12.1. The molecule has 0 aliphatic carbocycles. The number of nitrogens with one attached hydrogen (secondary N) is 1. The number of hydrogen-bond donors (Lipinski definition) is 1. The molecule has 0 saturated heterocycles. The summed E-state index contributed by atoms with van der Waals surface area (Å²) in [6.07, 6.45) is 1.00. The van der Waals surface area contributed by atoms with Gasteiger partial charge in [-0.1, -0.05) is 60.8 Å². The van der Waals surface area contributed by atoms with Crippen LogP contribution in [-0.4, -0.2) is 50.9 Å². The zero-order valence-electron chi connectivity index (χ0n) is 24.3. The topological polar surface area (TPSA) is 96.0 Å². The summed E-state index contributed by atoms with van der Waals surface area (Å²) in [6.45, 7) is 7.65. The number of amides is 2. The number of sulfonamides is 1. The molecule has 0 fully saturated rings. The van der Waals surface area contributed by atoms with Gasteiger partial charge in [-0.05, 0) is 75.2 Å². The number of ether oxygens (including phenoxy) is 1. The molecule has 0 radical (unpaired) electrons. The number of aryl methyl sites for hydroxylation is 1. The molecule has 8 nitrogen and oxygen atoms in total. The number of nitrogens with zero attached hydrogens (tertiary/aromatic N) is 2.